The molecule has 8 heteroatoms. The number of methoxy groups -OCH3 is 1. The highest BCUT2D eigenvalue weighted by atomic mass is 32.2. The van der Waals surface area contributed by atoms with Crippen LogP contribution in [0.15, 0.2) is 41.6 Å². The molecule has 0 bridgehead atoms. The van der Waals surface area contributed by atoms with E-state index in [4.69, 9.17) is 4.74 Å². The SMILES string of the molecule is COC1(c2nccn2C)CN(S(=O)(=O)c2ccccc2F)C1. The average molecular weight is 325 g/mol. The second-order valence-corrected chi connectivity index (χ2v) is 7.17. The van der Waals surface area contributed by atoms with E-state index in [2.05, 4.69) is 4.98 Å². The topological polar surface area (TPSA) is 64.4 Å². The first kappa shape index (κ1) is 15.1. The van der Waals surface area contributed by atoms with Gasteiger partial charge in [0.25, 0.3) is 0 Å². The number of halogens is 1. The fraction of sp³-hybridized carbons (Fsp3) is 0.357. The molecule has 1 saturated heterocycles. The van der Waals surface area contributed by atoms with E-state index in [1.807, 2.05) is 7.05 Å². The van der Waals surface area contributed by atoms with Crippen molar-refractivity contribution in [1.29, 1.82) is 0 Å². The van der Waals surface area contributed by atoms with E-state index in [1.165, 1.54) is 29.6 Å². The van der Waals surface area contributed by atoms with Crippen LogP contribution >= 0.6 is 0 Å². The van der Waals surface area contributed by atoms with Gasteiger partial charge in [0.15, 0.2) is 5.60 Å². The Hall–Kier alpha value is -1.77. The van der Waals surface area contributed by atoms with Gasteiger partial charge in [0.1, 0.15) is 16.5 Å². The molecular weight excluding hydrogens is 309 g/mol. The third-order valence-corrected chi connectivity index (χ3v) is 5.76. The van der Waals surface area contributed by atoms with Gasteiger partial charge < -0.3 is 9.30 Å². The van der Waals surface area contributed by atoms with E-state index >= 15 is 0 Å². The zero-order valence-electron chi connectivity index (χ0n) is 12.2. The predicted octanol–water partition coefficient (Wildman–Crippen LogP) is 1.11. The minimum atomic E-state index is -3.88. The van der Waals surface area contributed by atoms with E-state index < -0.39 is 21.4 Å². The molecule has 0 atom stereocenters. The summed E-state index contributed by atoms with van der Waals surface area (Å²) in [6, 6.07) is 5.35. The summed E-state index contributed by atoms with van der Waals surface area (Å²) in [5.74, 6) is -0.107. The number of hydrogen-bond donors (Lipinski definition) is 0. The van der Waals surface area contributed by atoms with Crippen molar-refractivity contribution in [2.45, 2.75) is 10.5 Å². The first-order valence-corrected chi connectivity index (χ1v) is 8.12. The normalized spacial score (nSPS) is 18.1. The lowest BCUT2D eigenvalue weighted by Crippen LogP contribution is -2.62. The number of ether oxygens (including phenoxy) is 1. The molecule has 1 aliphatic rings. The van der Waals surface area contributed by atoms with Crippen LogP contribution in [-0.2, 0) is 27.4 Å². The van der Waals surface area contributed by atoms with E-state index in [-0.39, 0.29) is 18.0 Å². The maximum absolute atomic E-state index is 13.8. The molecule has 0 saturated carbocycles. The van der Waals surface area contributed by atoms with Crippen molar-refractivity contribution in [2.75, 3.05) is 20.2 Å². The van der Waals surface area contributed by atoms with Gasteiger partial charge in [-0.15, -0.1) is 0 Å². The van der Waals surface area contributed by atoms with Crippen LogP contribution in [0.1, 0.15) is 5.82 Å². The molecule has 0 amide bonds. The van der Waals surface area contributed by atoms with Crippen LogP contribution in [0.25, 0.3) is 0 Å². The van der Waals surface area contributed by atoms with Crippen LogP contribution in [0.2, 0.25) is 0 Å². The van der Waals surface area contributed by atoms with Gasteiger partial charge >= 0.3 is 0 Å². The quantitative estimate of drug-likeness (QED) is 0.844. The molecule has 0 aliphatic carbocycles. The van der Waals surface area contributed by atoms with Crippen molar-refractivity contribution < 1.29 is 17.5 Å². The van der Waals surface area contributed by atoms with Crippen LogP contribution in [0.5, 0.6) is 0 Å². The Morgan fingerprint density at radius 2 is 2.00 bits per heavy atom. The third-order valence-electron chi connectivity index (χ3n) is 3.94. The van der Waals surface area contributed by atoms with E-state index in [1.54, 1.807) is 17.0 Å². The molecule has 1 aromatic carbocycles. The zero-order valence-corrected chi connectivity index (χ0v) is 13.0. The van der Waals surface area contributed by atoms with Crippen molar-refractivity contribution in [2.24, 2.45) is 7.05 Å². The Balaban J connectivity index is 1.89. The molecule has 2 heterocycles. The zero-order chi connectivity index (χ0) is 16.0. The van der Waals surface area contributed by atoms with Crippen LogP contribution in [0.3, 0.4) is 0 Å². The fourth-order valence-electron chi connectivity index (χ4n) is 2.65. The summed E-state index contributed by atoms with van der Waals surface area (Å²) < 4.78 is 47.3. The maximum Gasteiger partial charge on any atom is 0.246 e. The molecule has 0 N–H and O–H groups in total. The van der Waals surface area contributed by atoms with E-state index in [0.717, 1.165) is 6.07 Å². The van der Waals surface area contributed by atoms with Crippen molar-refractivity contribution in [3.05, 3.63) is 48.3 Å². The maximum atomic E-state index is 13.8. The van der Waals surface area contributed by atoms with E-state index in [9.17, 15) is 12.8 Å². The summed E-state index contributed by atoms with van der Waals surface area (Å²) in [5, 5.41) is 0. The number of sulfonamides is 1. The Kier molecular flexibility index (Phi) is 3.54. The first-order valence-electron chi connectivity index (χ1n) is 6.68. The molecule has 0 spiro atoms. The van der Waals surface area contributed by atoms with Gasteiger partial charge in [0, 0.05) is 26.6 Å². The Bertz CT molecular complexity index is 797. The minimum absolute atomic E-state index is 0.102. The molecule has 6 nitrogen and oxygen atoms in total. The van der Waals surface area contributed by atoms with Crippen LogP contribution in [0.4, 0.5) is 4.39 Å². The number of aromatic nitrogens is 2. The minimum Gasteiger partial charge on any atom is -0.367 e. The summed E-state index contributed by atoms with van der Waals surface area (Å²) in [6.07, 6.45) is 3.40. The van der Waals surface area contributed by atoms with Crippen molar-refractivity contribution >= 4 is 10.0 Å². The summed E-state index contributed by atoms with van der Waals surface area (Å²) in [7, 11) is -0.544. The highest BCUT2D eigenvalue weighted by molar-refractivity contribution is 7.89. The molecule has 2 aromatic rings. The lowest BCUT2D eigenvalue weighted by atomic mass is 9.95. The number of hydrogen-bond acceptors (Lipinski definition) is 4. The molecule has 0 radical (unpaired) electrons. The van der Waals surface area contributed by atoms with Crippen LogP contribution in [-0.4, -0.2) is 42.5 Å². The summed E-state index contributed by atoms with van der Waals surface area (Å²) >= 11 is 0. The molecule has 3 rings (SSSR count). The standard InChI is InChI=1S/C14H16FN3O3S/c1-17-8-7-16-13(17)14(21-2)9-18(10-14)22(19,20)12-6-4-3-5-11(12)15/h3-8H,9-10H2,1-2H3. The van der Waals surface area contributed by atoms with Gasteiger partial charge in [-0.2, -0.15) is 4.31 Å². The summed E-state index contributed by atoms with van der Waals surface area (Å²) in [5.41, 5.74) is -0.795. The number of rotatable bonds is 4. The molecule has 1 aromatic heterocycles. The predicted molar refractivity (Wildman–Crippen MR) is 77.1 cm³/mol. The number of benzene rings is 1. The lowest BCUT2D eigenvalue weighted by molar-refractivity contribution is -0.106. The molecule has 0 unspecified atom stereocenters. The Morgan fingerprint density at radius 3 is 2.55 bits per heavy atom. The fourth-order valence-corrected chi connectivity index (χ4v) is 4.25. The second kappa shape index (κ2) is 5.15. The smallest absolute Gasteiger partial charge is 0.246 e. The van der Waals surface area contributed by atoms with Crippen LogP contribution in [0, 0.1) is 5.82 Å². The van der Waals surface area contributed by atoms with Gasteiger partial charge in [0.2, 0.25) is 10.0 Å². The summed E-state index contributed by atoms with van der Waals surface area (Å²) in [4.78, 5) is 3.91. The Labute approximate surface area is 128 Å². The lowest BCUT2D eigenvalue weighted by Gasteiger charge is -2.47. The molecule has 1 aliphatic heterocycles. The average Bonchev–Trinajstić information content (AvgIpc) is 2.85. The largest absolute Gasteiger partial charge is 0.367 e. The second-order valence-electron chi connectivity index (χ2n) is 5.26. The van der Waals surface area contributed by atoms with Crippen molar-refractivity contribution in [3.8, 4) is 0 Å². The molecule has 118 valence electrons. The third kappa shape index (κ3) is 2.15. The number of imidazole rings is 1. The number of nitrogens with zero attached hydrogens (tertiary/aromatic N) is 3. The number of aryl methyl sites for hydroxylation is 1. The van der Waals surface area contributed by atoms with E-state index in [0.29, 0.717) is 5.82 Å². The van der Waals surface area contributed by atoms with Gasteiger partial charge in [-0.1, -0.05) is 12.1 Å². The first-order chi connectivity index (χ1) is 10.4. The van der Waals surface area contributed by atoms with Gasteiger partial charge in [-0.3, -0.25) is 0 Å². The summed E-state index contributed by atoms with van der Waals surface area (Å²) in [6.45, 7) is 0.204. The highest BCUT2D eigenvalue weighted by Gasteiger charge is 2.52. The highest BCUT2D eigenvalue weighted by Crippen LogP contribution is 2.37. The van der Waals surface area contributed by atoms with Crippen molar-refractivity contribution in [3.63, 3.8) is 0 Å². The van der Waals surface area contributed by atoms with Gasteiger partial charge in [0.05, 0.1) is 13.1 Å². The Morgan fingerprint density at radius 1 is 1.32 bits per heavy atom. The monoisotopic (exact) mass is 325 g/mol. The molecule has 1 fully saturated rings. The van der Waals surface area contributed by atoms with Gasteiger partial charge in [-0.05, 0) is 12.1 Å². The van der Waals surface area contributed by atoms with Crippen LogP contribution < -0.4 is 0 Å². The molecule has 22 heavy (non-hydrogen) atoms. The van der Waals surface area contributed by atoms with Crippen molar-refractivity contribution in [1.82, 2.24) is 13.9 Å². The molecular formula is C14H16FN3O3S. The van der Waals surface area contributed by atoms with Gasteiger partial charge in [-0.25, -0.2) is 17.8 Å².